The lowest BCUT2D eigenvalue weighted by Gasteiger charge is -2.22. The molecule has 2 unspecified atom stereocenters. The number of aryl methyl sites for hydroxylation is 1. The van der Waals surface area contributed by atoms with Crippen molar-refractivity contribution in [3.63, 3.8) is 0 Å². The van der Waals surface area contributed by atoms with Crippen molar-refractivity contribution < 1.29 is 14.7 Å². The van der Waals surface area contributed by atoms with Gasteiger partial charge in [0.25, 0.3) is 5.91 Å². The molecule has 1 aromatic rings. The van der Waals surface area contributed by atoms with E-state index >= 15 is 0 Å². The highest BCUT2D eigenvalue weighted by atomic mass is 16.4. The van der Waals surface area contributed by atoms with Gasteiger partial charge in [-0.2, -0.15) is 0 Å². The first-order valence-electron chi connectivity index (χ1n) is 6.56. The van der Waals surface area contributed by atoms with Gasteiger partial charge >= 0.3 is 5.97 Å². The zero-order valence-electron chi connectivity index (χ0n) is 11.8. The molecule has 0 spiro atoms. The summed E-state index contributed by atoms with van der Waals surface area (Å²) in [7, 11) is 0. The number of hydrogen-bond acceptors (Lipinski definition) is 2. The summed E-state index contributed by atoms with van der Waals surface area (Å²) in [5, 5.41) is 9.09. The molecular weight excluding hydrogens is 244 g/mol. The van der Waals surface area contributed by atoms with E-state index in [4.69, 9.17) is 5.11 Å². The molecule has 5 heteroatoms. The fourth-order valence-electron chi connectivity index (χ4n) is 3.01. The van der Waals surface area contributed by atoms with Crippen molar-refractivity contribution in [2.24, 2.45) is 5.92 Å². The molecule has 1 aliphatic heterocycles. The monoisotopic (exact) mass is 264 g/mol. The topological polar surface area (TPSA) is 73.4 Å². The molecule has 1 aliphatic rings. The predicted octanol–water partition coefficient (Wildman–Crippen LogP) is 2.20. The van der Waals surface area contributed by atoms with Crippen LogP contribution < -0.4 is 0 Å². The Morgan fingerprint density at radius 1 is 1.32 bits per heavy atom. The second-order valence-corrected chi connectivity index (χ2v) is 5.58. The maximum Gasteiger partial charge on any atom is 0.352 e. The molecule has 2 N–H and O–H groups in total. The summed E-state index contributed by atoms with van der Waals surface area (Å²) in [6.45, 7) is 8.34. The summed E-state index contributed by atoms with van der Waals surface area (Å²) >= 11 is 0. The lowest BCUT2D eigenvalue weighted by Crippen LogP contribution is -2.34. The first kappa shape index (κ1) is 13.6. The number of carbonyl (C=O) groups excluding carboxylic acids is 1. The lowest BCUT2D eigenvalue weighted by atomic mass is 10.1. The molecule has 2 rings (SSSR count). The quantitative estimate of drug-likeness (QED) is 0.860. The minimum absolute atomic E-state index is 0.0596. The number of likely N-dealkylation sites (tertiary alicyclic amines) is 1. The summed E-state index contributed by atoms with van der Waals surface area (Å²) < 4.78 is 0. The number of aromatic nitrogens is 1. The Morgan fingerprint density at radius 3 is 2.37 bits per heavy atom. The number of carboxylic acids is 1. The summed E-state index contributed by atoms with van der Waals surface area (Å²) in [5.41, 5.74) is 1.78. The van der Waals surface area contributed by atoms with Crippen LogP contribution in [0.2, 0.25) is 0 Å². The standard InChI is InChI=1S/C14H20N2O3/c1-7-5-8(2)16(6-7)13(17)11-9(3)12(14(18)19)15-10(11)4/h7-8,15H,5-6H2,1-4H3,(H,18,19). The molecular formula is C14H20N2O3. The number of nitrogens with one attached hydrogen (secondary N) is 1. The Kier molecular flexibility index (Phi) is 3.39. The third kappa shape index (κ3) is 2.25. The Labute approximate surface area is 112 Å². The van der Waals surface area contributed by atoms with Crippen LogP contribution >= 0.6 is 0 Å². The molecule has 2 atom stereocenters. The molecule has 1 saturated heterocycles. The van der Waals surface area contributed by atoms with Crippen molar-refractivity contribution in [2.45, 2.75) is 40.2 Å². The van der Waals surface area contributed by atoms with Gasteiger partial charge in [0, 0.05) is 18.3 Å². The smallest absolute Gasteiger partial charge is 0.352 e. The first-order valence-corrected chi connectivity index (χ1v) is 6.56. The summed E-state index contributed by atoms with van der Waals surface area (Å²) in [5.74, 6) is -0.587. The van der Waals surface area contributed by atoms with Crippen LogP contribution in [-0.2, 0) is 0 Å². The number of amides is 1. The Morgan fingerprint density at radius 2 is 1.95 bits per heavy atom. The fourth-order valence-corrected chi connectivity index (χ4v) is 3.01. The fraction of sp³-hybridized carbons (Fsp3) is 0.571. The van der Waals surface area contributed by atoms with E-state index in [-0.39, 0.29) is 17.6 Å². The summed E-state index contributed by atoms with van der Waals surface area (Å²) in [4.78, 5) is 28.3. The highest BCUT2D eigenvalue weighted by Crippen LogP contribution is 2.27. The molecule has 0 aliphatic carbocycles. The van der Waals surface area contributed by atoms with E-state index in [0.29, 0.717) is 22.7 Å². The second kappa shape index (κ2) is 4.72. The van der Waals surface area contributed by atoms with Gasteiger partial charge in [-0.05, 0) is 38.7 Å². The summed E-state index contributed by atoms with van der Waals surface area (Å²) in [6, 6.07) is 0.212. The number of H-pyrrole nitrogens is 1. The Balaban J connectivity index is 2.37. The number of hydrogen-bond donors (Lipinski definition) is 2. The number of aromatic carboxylic acids is 1. The number of aromatic amines is 1. The number of nitrogens with zero attached hydrogens (tertiary/aromatic N) is 1. The van der Waals surface area contributed by atoms with Crippen LogP contribution in [-0.4, -0.2) is 39.5 Å². The average Bonchev–Trinajstić information content (AvgIpc) is 2.78. The maximum atomic E-state index is 12.6. The molecule has 0 radical (unpaired) electrons. The zero-order chi connectivity index (χ0) is 14.3. The van der Waals surface area contributed by atoms with Gasteiger partial charge in [-0.25, -0.2) is 4.79 Å². The molecule has 0 bridgehead atoms. The third-order valence-electron chi connectivity index (χ3n) is 3.91. The number of rotatable bonds is 2. The van der Waals surface area contributed by atoms with Crippen LogP contribution in [0.4, 0.5) is 0 Å². The van der Waals surface area contributed by atoms with Gasteiger partial charge < -0.3 is 15.0 Å². The van der Waals surface area contributed by atoms with E-state index < -0.39 is 5.97 Å². The predicted molar refractivity (Wildman–Crippen MR) is 71.5 cm³/mol. The zero-order valence-corrected chi connectivity index (χ0v) is 11.8. The molecule has 1 amide bonds. The van der Waals surface area contributed by atoms with Crippen molar-refractivity contribution in [1.29, 1.82) is 0 Å². The highest BCUT2D eigenvalue weighted by Gasteiger charge is 2.33. The van der Waals surface area contributed by atoms with E-state index in [1.165, 1.54) is 0 Å². The van der Waals surface area contributed by atoms with Gasteiger partial charge in [-0.1, -0.05) is 6.92 Å². The number of carbonyl (C=O) groups is 2. The van der Waals surface area contributed by atoms with E-state index in [1.807, 2.05) is 11.8 Å². The largest absolute Gasteiger partial charge is 0.477 e. The molecule has 19 heavy (non-hydrogen) atoms. The van der Waals surface area contributed by atoms with Gasteiger partial charge in [0.2, 0.25) is 0 Å². The Hall–Kier alpha value is -1.78. The first-order chi connectivity index (χ1) is 8.82. The third-order valence-corrected chi connectivity index (χ3v) is 3.91. The van der Waals surface area contributed by atoms with Crippen molar-refractivity contribution in [1.82, 2.24) is 9.88 Å². The van der Waals surface area contributed by atoms with Gasteiger partial charge in [0.1, 0.15) is 5.69 Å². The molecule has 0 saturated carbocycles. The Bertz CT molecular complexity index is 533. The minimum atomic E-state index is -1.03. The molecule has 1 fully saturated rings. The van der Waals surface area contributed by atoms with Crippen molar-refractivity contribution in [2.75, 3.05) is 6.54 Å². The highest BCUT2D eigenvalue weighted by molar-refractivity contribution is 6.01. The van der Waals surface area contributed by atoms with Gasteiger partial charge in [0.15, 0.2) is 0 Å². The van der Waals surface area contributed by atoms with Crippen LogP contribution in [0.1, 0.15) is 52.4 Å². The van der Waals surface area contributed by atoms with Crippen LogP contribution in [0.25, 0.3) is 0 Å². The van der Waals surface area contributed by atoms with E-state index in [9.17, 15) is 9.59 Å². The van der Waals surface area contributed by atoms with Gasteiger partial charge in [-0.3, -0.25) is 4.79 Å². The van der Waals surface area contributed by atoms with Crippen molar-refractivity contribution in [3.8, 4) is 0 Å². The van der Waals surface area contributed by atoms with Gasteiger partial charge in [-0.15, -0.1) is 0 Å². The van der Waals surface area contributed by atoms with E-state index in [0.717, 1.165) is 13.0 Å². The number of carboxylic acid groups (broad SMARTS) is 1. The molecule has 1 aromatic heterocycles. The SMILES string of the molecule is Cc1[nH]c(C(=O)O)c(C)c1C(=O)N1CC(C)CC1C. The van der Waals surface area contributed by atoms with E-state index in [1.54, 1.807) is 13.8 Å². The van der Waals surface area contributed by atoms with Crippen LogP contribution in [0.15, 0.2) is 0 Å². The molecule has 104 valence electrons. The van der Waals surface area contributed by atoms with Crippen LogP contribution in [0.5, 0.6) is 0 Å². The second-order valence-electron chi connectivity index (χ2n) is 5.58. The van der Waals surface area contributed by atoms with Crippen molar-refractivity contribution >= 4 is 11.9 Å². The molecule has 0 aromatic carbocycles. The minimum Gasteiger partial charge on any atom is -0.477 e. The maximum absolute atomic E-state index is 12.6. The van der Waals surface area contributed by atoms with Gasteiger partial charge in [0.05, 0.1) is 5.56 Å². The molecule has 5 nitrogen and oxygen atoms in total. The molecule has 2 heterocycles. The summed E-state index contributed by atoms with van der Waals surface area (Å²) in [6.07, 6.45) is 1.00. The van der Waals surface area contributed by atoms with Crippen molar-refractivity contribution in [3.05, 3.63) is 22.5 Å². The van der Waals surface area contributed by atoms with E-state index in [2.05, 4.69) is 11.9 Å². The normalized spacial score (nSPS) is 22.8. The lowest BCUT2D eigenvalue weighted by molar-refractivity contribution is 0.0690. The average molecular weight is 264 g/mol. The van der Waals surface area contributed by atoms with Crippen LogP contribution in [0.3, 0.4) is 0 Å². The van der Waals surface area contributed by atoms with Crippen LogP contribution in [0, 0.1) is 19.8 Å².